The Morgan fingerprint density at radius 2 is 2.17 bits per heavy atom. The minimum atomic E-state index is -0.165. The maximum absolute atomic E-state index is 12.7. The Balaban J connectivity index is 2.08. The van der Waals surface area contributed by atoms with Crippen LogP contribution in [0.2, 0.25) is 0 Å². The Hall–Kier alpha value is -2.66. The van der Waals surface area contributed by atoms with Gasteiger partial charge in [0.2, 0.25) is 5.78 Å². The van der Waals surface area contributed by atoms with Crippen molar-refractivity contribution < 1.29 is 14.6 Å². The van der Waals surface area contributed by atoms with E-state index in [4.69, 9.17) is 4.74 Å². The molecule has 1 aliphatic heterocycles. The van der Waals surface area contributed by atoms with Crippen LogP contribution in [0.3, 0.4) is 0 Å². The number of hydrogen-bond donors (Lipinski definition) is 1. The number of aromatic hydroxyl groups is 1. The van der Waals surface area contributed by atoms with Crippen molar-refractivity contribution in [2.24, 2.45) is 0 Å². The van der Waals surface area contributed by atoms with Crippen LogP contribution < -0.4 is 4.74 Å². The monoisotopic (exact) mass is 310 g/mol. The van der Waals surface area contributed by atoms with Crippen molar-refractivity contribution in [2.75, 3.05) is 14.1 Å². The number of nitrogens with zero attached hydrogens (tertiary/aromatic N) is 2. The second-order valence-electron chi connectivity index (χ2n) is 5.86. The van der Waals surface area contributed by atoms with Crippen LogP contribution in [0.4, 0.5) is 0 Å². The van der Waals surface area contributed by atoms with Gasteiger partial charge in [0.1, 0.15) is 11.5 Å². The van der Waals surface area contributed by atoms with Crippen molar-refractivity contribution in [1.82, 2.24) is 9.88 Å². The Labute approximate surface area is 134 Å². The number of Topliss-reactive ketones (excluding diaryl/α,β-unsaturated/α-hetero) is 1. The second-order valence-corrected chi connectivity index (χ2v) is 5.86. The molecule has 1 aromatic carbocycles. The van der Waals surface area contributed by atoms with Gasteiger partial charge in [0, 0.05) is 18.9 Å². The van der Waals surface area contributed by atoms with E-state index in [1.54, 1.807) is 37.5 Å². The largest absolute Gasteiger partial charge is 0.507 e. The summed E-state index contributed by atoms with van der Waals surface area (Å²) in [7, 11) is 3.80. The average Bonchev–Trinajstić information content (AvgIpc) is 2.82. The number of carbonyl (C=O) groups excluding carboxylic acids is 1. The lowest BCUT2D eigenvalue weighted by Gasteiger charge is -2.15. The molecule has 2 heterocycles. The number of phenolic OH excluding ortho intramolecular Hbond substituents is 1. The number of allylic oxidation sites excluding steroid dienone is 1. The number of rotatable bonds is 3. The summed E-state index contributed by atoms with van der Waals surface area (Å²) in [5.74, 6) is 0.685. The molecule has 2 aromatic rings. The highest BCUT2D eigenvalue weighted by Crippen LogP contribution is 2.42. The number of ketones is 1. The summed E-state index contributed by atoms with van der Waals surface area (Å²) in [5.41, 5.74) is 2.65. The number of aryl methyl sites for hydroxylation is 1. The Bertz CT molecular complexity index is 796. The Morgan fingerprint density at radius 1 is 1.39 bits per heavy atom. The average molecular weight is 310 g/mol. The van der Waals surface area contributed by atoms with Crippen molar-refractivity contribution in [2.45, 2.75) is 13.5 Å². The van der Waals surface area contributed by atoms with Crippen LogP contribution in [0, 0.1) is 6.92 Å². The van der Waals surface area contributed by atoms with Gasteiger partial charge in [-0.3, -0.25) is 9.78 Å². The highest BCUT2D eigenvalue weighted by molar-refractivity contribution is 6.15. The van der Waals surface area contributed by atoms with Crippen LogP contribution in [0.1, 0.15) is 27.0 Å². The van der Waals surface area contributed by atoms with E-state index in [9.17, 15) is 9.90 Å². The van der Waals surface area contributed by atoms with E-state index in [0.717, 1.165) is 5.56 Å². The normalized spacial score (nSPS) is 15.1. The van der Waals surface area contributed by atoms with Gasteiger partial charge >= 0.3 is 0 Å². The number of ether oxygens (including phenoxy) is 1. The van der Waals surface area contributed by atoms with E-state index in [1.807, 2.05) is 25.1 Å². The van der Waals surface area contributed by atoms with Crippen molar-refractivity contribution in [1.29, 1.82) is 0 Å². The van der Waals surface area contributed by atoms with Crippen molar-refractivity contribution in [3.8, 4) is 11.5 Å². The summed E-state index contributed by atoms with van der Waals surface area (Å²) in [5, 5.41) is 10.2. The first-order chi connectivity index (χ1) is 11.0. The first-order valence-corrected chi connectivity index (χ1v) is 7.32. The molecule has 0 saturated carbocycles. The molecular formula is C18H18N2O3. The fraction of sp³-hybridized carbons (Fsp3) is 0.222. The van der Waals surface area contributed by atoms with E-state index in [0.29, 0.717) is 29.0 Å². The second kappa shape index (κ2) is 5.85. The molecule has 0 aliphatic carbocycles. The molecule has 0 atom stereocenters. The van der Waals surface area contributed by atoms with E-state index >= 15 is 0 Å². The summed E-state index contributed by atoms with van der Waals surface area (Å²) < 4.78 is 5.81. The molecule has 0 fully saturated rings. The molecule has 5 nitrogen and oxygen atoms in total. The van der Waals surface area contributed by atoms with Crippen LogP contribution >= 0.6 is 0 Å². The molecular weight excluding hydrogens is 292 g/mol. The molecule has 23 heavy (non-hydrogen) atoms. The van der Waals surface area contributed by atoms with E-state index in [-0.39, 0.29) is 17.3 Å². The van der Waals surface area contributed by atoms with Gasteiger partial charge < -0.3 is 14.7 Å². The highest BCUT2D eigenvalue weighted by Gasteiger charge is 2.33. The maximum Gasteiger partial charge on any atom is 0.232 e. The smallest absolute Gasteiger partial charge is 0.232 e. The van der Waals surface area contributed by atoms with Gasteiger partial charge in [-0.15, -0.1) is 0 Å². The summed E-state index contributed by atoms with van der Waals surface area (Å²) in [6, 6.07) is 5.27. The fourth-order valence-corrected chi connectivity index (χ4v) is 2.66. The lowest BCUT2D eigenvalue weighted by molar-refractivity contribution is 0.101. The molecule has 5 heteroatoms. The third-order valence-corrected chi connectivity index (χ3v) is 3.68. The number of fused-ring (bicyclic) bond motifs is 1. The zero-order valence-electron chi connectivity index (χ0n) is 13.3. The van der Waals surface area contributed by atoms with Crippen LogP contribution in [0.25, 0.3) is 6.08 Å². The topological polar surface area (TPSA) is 62.7 Å². The summed E-state index contributed by atoms with van der Waals surface area (Å²) in [4.78, 5) is 18.6. The van der Waals surface area contributed by atoms with Gasteiger partial charge in [-0.05, 0) is 50.4 Å². The third-order valence-electron chi connectivity index (χ3n) is 3.68. The number of aromatic nitrogens is 1. The number of phenols is 1. The van der Waals surface area contributed by atoms with Gasteiger partial charge in [-0.1, -0.05) is 6.07 Å². The SMILES string of the molecule is Cc1cc(O)c(CN(C)C)c2c1C(=O)/C(=C/c1cccnc1)O2. The molecule has 1 aliphatic rings. The third kappa shape index (κ3) is 2.83. The lowest BCUT2D eigenvalue weighted by atomic mass is 9.99. The molecule has 1 aromatic heterocycles. The molecule has 118 valence electrons. The van der Waals surface area contributed by atoms with Crippen molar-refractivity contribution in [3.63, 3.8) is 0 Å². The molecule has 0 bridgehead atoms. The number of pyridine rings is 1. The van der Waals surface area contributed by atoms with Crippen LogP contribution in [-0.2, 0) is 6.54 Å². The molecule has 0 unspecified atom stereocenters. The van der Waals surface area contributed by atoms with E-state index in [2.05, 4.69) is 4.98 Å². The first kappa shape index (κ1) is 15.2. The van der Waals surface area contributed by atoms with Crippen molar-refractivity contribution >= 4 is 11.9 Å². The van der Waals surface area contributed by atoms with E-state index < -0.39 is 0 Å². The molecule has 0 amide bonds. The summed E-state index contributed by atoms with van der Waals surface area (Å²) >= 11 is 0. The van der Waals surface area contributed by atoms with Crippen LogP contribution in [0.5, 0.6) is 11.5 Å². The Morgan fingerprint density at radius 3 is 2.83 bits per heavy atom. The standard InChI is InChI=1S/C18H18N2O3/c1-11-7-14(21)13(10-20(2)3)18-16(11)17(22)15(23-18)8-12-5-4-6-19-9-12/h4-9,21H,10H2,1-3H3/b15-8-. The zero-order valence-corrected chi connectivity index (χ0v) is 13.3. The molecule has 1 N–H and O–H groups in total. The molecule has 0 spiro atoms. The molecule has 0 saturated heterocycles. The highest BCUT2D eigenvalue weighted by atomic mass is 16.5. The quantitative estimate of drug-likeness (QED) is 0.883. The Kier molecular flexibility index (Phi) is 3.88. The first-order valence-electron chi connectivity index (χ1n) is 7.32. The van der Waals surface area contributed by atoms with Gasteiger partial charge in [-0.25, -0.2) is 0 Å². The maximum atomic E-state index is 12.7. The minimum Gasteiger partial charge on any atom is -0.507 e. The van der Waals surface area contributed by atoms with Gasteiger partial charge in [-0.2, -0.15) is 0 Å². The van der Waals surface area contributed by atoms with Crippen LogP contribution in [0.15, 0.2) is 36.4 Å². The van der Waals surface area contributed by atoms with Crippen LogP contribution in [-0.4, -0.2) is 34.9 Å². The molecule has 0 radical (unpaired) electrons. The number of benzene rings is 1. The van der Waals surface area contributed by atoms with Gasteiger partial charge in [0.05, 0.1) is 11.1 Å². The zero-order chi connectivity index (χ0) is 16.6. The summed E-state index contributed by atoms with van der Waals surface area (Å²) in [6.45, 7) is 2.29. The van der Waals surface area contributed by atoms with E-state index in [1.165, 1.54) is 0 Å². The fourth-order valence-electron chi connectivity index (χ4n) is 2.66. The number of hydrogen-bond acceptors (Lipinski definition) is 5. The number of carbonyl (C=O) groups is 1. The minimum absolute atomic E-state index is 0.144. The summed E-state index contributed by atoms with van der Waals surface area (Å²) in [6.07, 6.45) is 5.01. The van der Waals surface area contributed by atoms with Gasteiger partial charge in [0.25, 0.3) is 0 Å². The lowest BCUT2D eigenvalue weighted by Crippen LogP contribution is -2.12. The predicted octanol–water partition coefficient (Wildman–Crippen LogP) is 2.77. The van der Waals surface area contributed by atoms with Crippen molar-refractivity contribution in [3.05, 3.63) is 58.6 Å². The predicted molar refractivity (Wildman–Crippen MR) is 87.4 cm³/mol. The molecule has 3 rings (SSSR count). The van der Waals surface area contributed by atoms with Gasteiger partial charge in [0.15, 0.2) is 5.76 Å².